The first-order valence-electron chi connectivity index (χ1n) is 4.77. The first kappa shape index (κ1) is 9.06. The van der Waals surface area contributed by atoms with Crippen LogP contribution >= 0.6 is 0 Å². The summed E-state index contributed by atoms with van der Waals surface area (Å²) in [6, 6.07) is 3.28. The Balaban J connectivity index is 1.94. The van der Waals surface area contributed by atoms with Crippen molar-refractivity contribution < 1.29 is 13.9 Å². The minimum absolute atomic E-state index is 0.0821. The van der Waals surface area contributed by atoms with Crippen molar-refractivity contribution in [3.8, 4) is 0 Å². The maximum Gasteiger partial charge on any atom is 0.374 e. The van der Waals surface area contributed by atoms with Crippen LogP contribution in [0.4, 0.5) is 0 Å². The molecule has 1 aromatic rings. The number of carbonyl (C=O) groups excluding carboxylic acids is 1. The van der Waals surface area contributed by atoms with Gasteiger partial charge in [-0.05, 0) is 37.5 Å². The summed E-state index contributed by atoms with van der Waals surface area (Å²) in [5, 5.41) is 0. The highest BCUT2D eigenvalue weighted by atomic mass is 16.6. The average molecular weight is 192 g/mol. The van der Waals surface area contributed by atoms with E-state index >= 15 is 0 Å². The van der Waals surface area contributed by atoms with Gasteiger partial charge in [0.2, 0.25) is 5.76 Å². The van der Waals surface area contributed by atoms with Crippen LogP contribution in [-0.4, -0.2) is 12.1 Å². The molecule has 3 nitrogen and oxygen atoms in total. The average Bonchev–Trinajstić information content (AvgIpc) is 2.72. The summed E-state index contributed by atoms with van der Waals surface area (Å²) in [7, 11) is 0. The molecule has 1 aromatic heterocycles. The molecule has 1 aliphatic carbocycles. The molecule has 1 atom stereocenters. The first-order valence-corrected chi connectivity index (χ1v) is 4.77. The third-order valence-corrected chi connectivity index (χ3v) is 2.19. The molecule has 1 unspecified atom stereocenters. The molecule has 0 amide bonds. The lowest BCUT2D eigenvalue weighted by atomic mass is 10.1. The van der Waals surface area contributed by atoms with Gasteiger partial charge in [-0.1, -0.05) is 6.08 Å². The maximum absolute atomic E-state index is 11.4. The van der Waals surface area contributed by atoms with Crippen LogP contribution in [0.3, 0.4) is 0 Å². The van der Waals surface area contributed by atoms with Gasteiger partial charge in [-0.15, -0.1) is 0 Å². The fourth-order valence-corrected chi connectivity index (χ4v) is 1.47. The number of esters is 1. The molecular formula is C11H12O3. The van der Waals surface area contributed by atoms with Gasteiger partial charge in [0, 0.05) is 0 Å². The van der Waals surface area contributed by atoms with Gasteiger partial charge in [0.15, 0.2) is 0 Å². The van der Waals surface area contributed by atoms with Crippen LogP contribution in [0.15, 0.2) is 35.0 Å². The van der Waals surface area contributed by atoms with Crippen molar-refractivity contribution in [3.05, 3.63) is 36.3 Å². The van der Waals surface area contributed by atoms with E-state index in [2.05, 4.69) is 0 Å². The molecule has 1 aliphatic rings. The predicted molar refractivity (Wildman–Crippen MR) is 50.9 cm³/mol. The minimum atomic E-state index is -0.383. The van der Waals surface area contributed by atoms with Gasteiger partial charge >= 0.3 is 5.97 Å². The zero-order chi connectivity index (χ0) is 9.80. The molecule has 0 bridgehead atoms. The Kier molecular flexibility index (Phi) is 2.68. The Morgan fingerprint density at radius 1 is 1.57 bits per heavy atom. The summed E-state index contributed by atoms with van der Waals surface area (Å²) in [5.74, 6) is -0.115. The molecule has 3 heteroatoms. The Morgan fingerprint density at radius 2 is 2.50 bits per heavy atom. The molecule has 1 heterocycles. The highest BCUT2D eigenvalue weighted by molar-refractivity contribution is 5.86. The number of hydrogen-bond acceptors (Lipinski definition) is 3. The van der Waals surface area contributed by atoms with Gasteiger partial charge in [-0.2, -0.15) is 0 Å². The molecule has 2 rings (SSSR count). The molecule has 0 fully saturated rings. The van der Waals surface area contributed by atoms with Crippen molar-refractivity contribution >= 4 is 5.97 Å². The van der Waals surface area contributed by atoms with E-state index in [0.29, 0.717) is 0 Å². The van der Waals surface area contributed by atoms with Crippen molar-refractivity contribution in [2.45, 2.75) is 25.4 Å². The zero-order valence-electron chi connectivity index (χ0n) is 7.81. The second-order valence-corrected chi connectivity index (χ2v) is 3.28. The van der Waals surface area contributed by atoms with E-state index in [4.69, 9.17) is 9.15 Å². The number of carbonyl (C=O) groups is 1. The highest BCUT2D eigenvalue weighted by Crippen LogP contribution is 2.15. The zero-order valence-corrected chi connectivity index (χ0v) is 7.81. The van der Waals surface area contributed by atoms with E-state index < -0.39 is 0 Å². The van der Waals surface area contributed by atoms with E-state index in [1.165, 1.54) is 6.26 Å². The van der Waals surface area contributed by atoms with Crippen molar-refractivity contribution in [1.82, 2.24) is 0 Å². The Bertz CT molecular complexity index is 324. The Labute approximate surface area is 82.4 Å². The third kappa shape index (κ3) is 2.05. The van der Waals surface area contributed by atoms with Gasteiger partial charge in [0.25, 0.3) is 0 Å². The minimum Gasteiger partial charge on any atom is -0.457 e. The Morgan fingerprint density at radius 3 is 3.14 bits per heavy atom. The van der Waals surface area contributed by atoms with Gasteiger partial charge in [0.1, 0.15) is 6.10 Å². The number of rotatable bonds is 2. The largest absolute Gasteiger partial charge is 0.457 e. The predicted octanol–water partition coefficient (Wildman–Crippen LogP) is 2.55. The number of hydrogen-bond donors (Lipinski definition) is 0. The maximum atomic E-state index is 11.4. The number of ether oxygens (including phenoxy) is 1. The summed E-state index contributed by atoms with van der Waals surface area (Å²) in [6.07, 6.45) is 8.42. The topological polar surface area (TPSA) is 39.4 Å². The molecule has 0 saturated heterocycles. The molecular weight excluding hydrogens is 180 g/mol. The van der Waals surface area contributed by atoms with E-state index in [1.54, 1.807) is 12.1 Å². The van der Waals surface area contributed by atoms with Crippen LogP contribution in [0.5, 0.6) is 0 Å². The Hall–Kier alpha value is -1.51. The number of furan rings is 1. The monoisotopic (exact) mass is 192 g/mol. The second kappa shape index (κ2) is 4.13. The quantitative estimate of drug-likeness (QED) is 0.534. The van der Waals surface area contributed by atoms with Gasteiger partial charge in [-0.3, -0.25) is 0 Å². The van der Waals surface area contributed by atoms with E-state index in [-0.39, 0.29) is 17.8 Å². The standard InChI is InChI=1S/C11H12O3/c12-11(10-7-4-8-13-10)14-9-5-2-1-3-6-9/h2,4-5,7-9H,1,3,6H2. The summed E-state index contributed by atoms with van der Waals surface area (Å²) in [5.41, 5.74) is 0. The SMILES string of the molecule is O=C(OC1C=CCCC1)c1ccco1. The molecule has 0 saturated carbocycles. The highest BCUT2D eigenvalue weighted by Gasteiger charge is 2.16. The number of allylic oxidation sites excluding steroid dienone is 1. The van der Waals surface area contributed by atoms with Crippen molar-refractivity contribution in [3.63, 3.8) is 0 Å². The van der Waals surface area contributed by atoms with E-state index in [1.807, 2.05) is 12.2 Å². The van der Waals surface area contributed by atoms with Crippen molar-refractivity contribution in [1.29, 1.82) is 0 Å². The second-order valence-electron chi connectivity index (χ2n) is 3.28. The lowest BCUT2D eigenvalue weighted by molar-refractivity contribution is 0.0334. The smallest absolute Gasteiger partial charge is 0.374 e. The lowest BCUT2D eigenvalue weighted by Crippen LogP contribution is -2.17. The molecule has 0 N–H and O–H groups in total. The van der Waals surface area contributed by atoms with Crippen LogP contribution in [0.1, 0.15) is 29.8 Å². The summed E-state index contributed by atoms with van der Waals surface area (Å²) in [4.78, 5) is 11.4. The van der Waals surface area contributed by atoms with Gasteiger partial charge in [-0.25, -0.2) is 4.79 Å². The summed E-state index contributed by atoms with van der Waals surface area (Å²) in [6.45, 7) is 0. The molecule has 0 radical (unpaired) electrons. The van der Waals surface area contributed by atoms with Crippen molar-refractivity contribution in [2.24, 2.45) is 0 Å². The molecule has 74 valence electrons. The third-order valence-electron chi connectivity index (χ3n) is 2.19. The molecule has 0 aliphatic heterocycles. The summed E-state index contributed by atoms with van der Waals surface area (Å²) >= 11 is 0. The van der Waals surface area contributed by atoms with Crippen LogP contribution in [-0.2, 0) is 4.74 Å². The van der Waals surface area contributed by atoms with Gasteiger partial charge in [0.05, 0.1) is 6.26 Å². The van der Waals surface area contributed by atoms with E-state index in [9.17, 15) is 4.79 Å². The van der Waals surface area contributed by atoms with Crippen LogP contribution in [0.2, 0.25) is 0 Å². The van der Waals surface area contributed by atoms with E-state index in [0.717, 1.165) is 19.3 Å². The van der Waals surface area contributed by atoms with Crippen molar-refractivity contribution in [2.75, 3.05) is 0 Å². The van der Waals surface area contributed by atoms with Crippen LogP contribution in [0.25, 0.3) is 0 Å². The van der Waals surface area contributed by atoms with Gasteiger partial charge < -0.3 is 9.15 Å². The fraction of sp³-hybridized carbons (Fsp3) is 0.364. The summed E-state index contributed by atoms with van der Waals surface area (Å²) < 4.78 is 10.2. The first-order chi connectivity index (χ1) is 6.86. The molecule has 0 aromatic carbocycles. The lowest BCUT2D eigenvalue weighted by Gasteiger charge is -2.15. The molecule has 0 spiro atoms. The van der Waals surface area contributed by atoms with Crippen LogP contribution in [0, 0.1) is 0 Å². The normalized spacial score (nSPS) is 20.7. The molecule has 14 heavy (non-hydrogen) atoms. The fourth-order valence-electron chi connectivity index (χ4n) is 1.47. The van der Waals surface area contributed by atoms with Crippen LogP contribution < -0.4 is 0 Å².